The van der Waals surface area contributed by atoms with E-state index >= 15 is 0 Å². The van der Waals surface area contributed by atoms with Crippen molar-refractivity contribution < 1.29 is 23.8 Å². The van der Waals surface area contributed by atoms with Gasteiger partial charge in [-0.1, -0.05) is 44.4 Å². The number of allylic oxidation sites excluding steroid dienone is 5. The van der Waals surface area contributed by atoms with E-state index in [1.165, 1.54) is 31.5 Å². The van der Waals surface area contributed by atoms with Gasteiger partial charge in [-0.25, -0.2) is 9.38 Å². The summed E-state index contributed by atoms with van der Waals surface area (Å²) in [5.41, 5.74) is 4.75. The zero-order valence-corrected chi connectivity index (χ0v) is 30.1. The van der Waals surface area contributed by atoms with E-state index in [4.69, 9.17) is 21.1 Å². The Kier molecular flexibility index (Phi) is 22.2. The van der Waals surface area contributed by atoms with Gasteiger partial charge in [0.25, 0.3) is 0 Å². The topological polar surface area (TPSA) is 108 Å². The average Bonchev–Trinajstić information content (AvgIpc) is 3.08. The molecular weight excluding hydrogens is 621 g/mol. The molecule has 262 valence electrons. The fourth-order valence-electron chi connectivity index (χ4n) is 4.42. The molecule has 47 heavy (non-hydrogen) atoms. The number of hydrogen-bond acceptors (Lipinski definition) is 8. The molecule has 11 heteroatoms. The first kappa shape index (κ1) is 41.9. The Morgan fingerprint density at radius 1 is 1.15 bits per heavy atom. The van der Waals surface area contributed by atoms with Gasteiger partial charge in [0.1, 0.15) is 11.6 Å². The molecule has 1 aliphatic rings. The van der Waals surface area contributed by atoms with Gasteiger partial charge in [-0.2, -0.15) is 0 Å². The molecule has 0 unspecified atom stereocenters. The van der Waals surface area contributed by atoms with Crippen LogP contribution in [0.5, 0.6) is 0 Å². The number of nitrogens with zero attached hydrogens (tertiary/aromatic N) is 3. The second kappa shape index (κ2) is 24.9. The van der Waals surface area contributed by atoms with E-state index in [9.17, 15) is 14.3 Å². The molecule has 1 aromatic rings. The van der Waals surface area contributed by atoms with Crippen LogP contribution in [0, 0.1) is 5.82 Å². The number of ether oxygens (including phenoxy) is 2. The van der Waals surface area contributed by atoms with Crippen LogP contribution in [0.3, 0.4) is 0 Å². The molecule has 2 rings (SSSR count). The van der Waals surface area contributed by atoms with Crippen molar-refractivity contribution in [1.82, 2.24) is 15.5 Å². The van der Waals surface area contributed by atoms with E-state index < -0.39 is 5.82 Å². The van der Waals surface area contributed by atoms with Crippen LogP contribution in [0.4, 0.5) is 4.39 Å². The highest BCUT2D eigenvalue weighted by Crippen LogP contribution is 2.29. The Hall–Kier alpha value is -3.15. The highest BCUT2D eigenvalue weighted by molar-refractivity contribution is 6.30. The van der Waals surface area contributed by atoms with Gasteiger partial charge in [0, 0.05) is 48.7 Å². The first-order valence-corrected chi connectivity index (χ1v) is 16.8. The van der Waals surface area contributed by atoms with Crippen LogP contribution in [-0.2, 0) is 14.3 Å². The summed E-state index contributed by atoms with van der Waals surface area (Å²) in [6, 6.07) is 4.45. The number of unbranched alkanes of at least 4 members (excludes halogenated alkanes) is 1. The SMILES string of the molecule is CCCCN1CCOCC1.C\C=N/C(=C\C(N/C(=C/C(=C(\C)CC)c1cc(Cl)ccc1F)C(COCCO)=NC)=C(/C)CC)NC=O. The van der Waals surface area contributed by atoms with Crippen LogP contribution in [0.25, 0.3) is 5.57 Å². The van der Waals surface area contributed by atoms with Crippen LogP contribution in [-0.4, -0.2) is 88.1 Å². The highest BCUT2D eigenvalue weighted by atomic mass is 35.5. The summed E-state index contributed by atoms with van der Waals surface area (Å²) in [6.45, 7) is 17.4. The average molecular weight is 676 g/mol. The molecule has 9 nitrogen and oxygen atoms in total. The molecular formula is C36H55ClFN5O4. The minimum absolute atomic E-state index is 0.112. The number of benzene rings is 1. The van der Waals surface area contributed by atoms with Crippen LogP contribution in [0.2, 0.25) is 5.02 Å². The lowest BCUT2D eigenvalue weighted by molar-refractivity contribution is -0.108. The predicted molar refractivity (Wildman–Crippen MR) is 193 cm³/mol. The third-order valence-electron chi connectivity index (χ3n) is 7.50. The molecule has 0 aromatic heterocycles. The van der Waals surface area contributed by atoms with E-state index in [1.807, 2.05) is 33.8 Å². The van der Waals surface area contributed by atoms with Crippen LogP contribution in [0.15, 0.2) is 68.7 Å². The number of aliphatic hydroxyl groups is 1. The molecule has 1 aliphatic heterocycles. The number of morpholine rings is 1. The maximum Gasteiger partial charge on any atom is 0.212 e. The molecule has 0 bridgehead atoms. The van der Waals surface area contributed by atoms with Gasteiger partial charge >= 0.3 is 0 Å². The number of amides is 1. The summed E-state index contributed by atoms with van der Waals surface area (Å²) in [6.07, 6.45) is 9.72. The number of carbonyl (C=O) groups excluding carboxylic acids is 1. The minimum Gasteiger partial charge on any atom is -0.394 e. The van der Waals surface area contributed by atoms with E-state index in [-0.39, 0.29) is 19.8 Å². The van der Waals surface area contributed by atoms with Crippen molar-refractivity contribution in [3.8, 4) is 0 Å². The number of hydrogen-bond donors (Lipinski definition) is 3. The van der Waals surface area contributed by atoms with Gasteiger partial charge in [0.15, 0.2) is 0 Å². The lowest BCUT2D eigenvalue weighted by atomic mass is 9.96. The number of rotatable bonds is 18. The Bertz CT molecular complexity index is 1280. The van der Waals surface area contributed by atoms with Crippen LogP contribution in [0.1, 0.15) is 72.8 Å². The van der Waals surface area contributed by atoms with Gasteiger partial charge in [-0.15, -0.1) is 0 Å². The van der Waals surface area contributed by atoms with E-state index in [0.29, 0.717) is 51.9 Å². The zero-order valence-electron chi connectivity index (χ0n) is 29.3. The normalized spacial score (nSPS) is 15.9. The standard InChI is InChI=1S/C28H38ClFN4O3.C8H17NO/c1-7-19(4)22(23-14-21(29)10-11-24(23)30)15-26(27(31-6)17-37-13-12-35)34-25(20(5)8-2)16-28(32-9-3)33-18-36;1-2-3-4-9-5-7-10-8-6-9/h9-11,14-16,18,34-35H,7-8,12-13,17H2,1-6H3,(H,33,36);2-8H2,1H3/b22-19-,25-20-,26-15+,28-16+,31-27?,32-9-;. The van der Waals surface area contributed by atoms with Crippen molar-refractivity contribution in [3.05, 3.63) is 75.1 Å². The van der Waals surface area contributed by atoms with Gasteiger partial charge in [0.2, 0.25) is 6.41 Å². The third kappa shape index (κ3) is 16.0. The van der Waals surface area contributed by atoms with Crippen molar-refractivity contribution in [2.24, 2.45) is 9.98 Å². The molecule has 0 spiro atoms. The second-order valence-electron chi connectivity index (χ2n) is 10.8. The Morgan fingerprint density at radius 3 is 2.43 bits per heavy atom. The van der Waals surface area contributed by atoms with Crippen molar-refractivity contribution in [2.75, 3.05) is 59.7 Å². The van der Waals surface area contributed by atoms with Gasteiger partial charge in [-0.05, 0) is 82.0 Å². The lowest BCUT2D eigenvalue weighted by Crippen LogP contribution is -2.36. The first-order valence-electron chi connectivity index (χ1n) is 16.4. The molecule has 1 saturated heterocycles. The van der Waals surface area contributed by atoms with Crippen molar-refractivity contribution in [1.29, 1.82) is 0 Å². The summed E-state index contributed by atoms with van der Waals surface area (Å²) in [5.74, 6) is -0.0514. The molecule has 0 atom stereocenters. The predicted octanol–water partition coefficient (Wildman–Crippen LogP) is 6.70. The van der Waals surface area contributed by atoms with Crippen LogP contribution < -0.4 is 10.6 Å². The number of nitrogens with one attached hydrogen (secondary N) is 2. The van der Waals surface area contributed by atoms with E-state index in [2.05, 4.69) is 32.4 Å². The fourth-order valence-corrected chi connectivity index (χ4v) is 4.59. The highest BCUT2D eigenvalue weighted by Gasteiger charge is 2.16. The smallest absolute Gasteiger partial charge is 0.212 e. The van der Waals surface area contributed by atoms with Gasteiger partial charge in [-0.3, -0.25) is 14.7 Å². The monoisotopic (exact) mass is 675 g/mol. The number of aliphatic hydroxyl groups excluding tert-OH is 1. The molecule has 0 saturated carbocycles. The van der Waals surface area contributed by atoms with Crippen molar-refractivity contribution >= 4 is 35.5 Å². The Morgan fingerprint density at radius 2 is 1.85 bits per heavy atom. The molecule has 0 radical (unpaired) electrons. The van der Waals surface area contributed by atoms with Crippen molar-refractivity contribution in [2.45, 2.75) is 67.2 Å². The summed E-state index contributed by atoms with van der Waals surface area (Å²) < 4.78 is 25.8. The van der Waals surface area contributed by atoms with Gasteiger partial charge in [0.05, 0.1) is 44.4 Å². The molecule has 1 aromatic carbocycles. The third-order valence-corrected chi connectivity index (χ3v) is 7.73. The zero-order chi connectivity index (χ0) is 35.0. The summed E-state index contributed by atoms with van der Waals surface area (Å²) in [4.78, 5) is 22.2. The first-order chi connectivity index (χ1) is 22.7. The Labute approximate surface area is 286 Å². The quantitative estimate of drug-likeness (QED) is 0.0692. The van der Waals surface area contributed by atoms with Gasteiger partial charge < -0.3 is 25.2 Å². The summed E-state index contributed by atoms with van der Waals surface area (Å²) in [7, 11) is 1.63. The molecule has 1 heterocycles. The van der Waals surface area contributed by atoms with Crippen LogP contribution >= 0.6 is 11.6 Å². The molecule has 3 N–H and O–H groups in total. The van der Waals surface area contributed by atoms with Crippen molar-refractivity contribution in [3.63, 3.8) is 0 Å². The number of carbonyl (C=O) groups is 1. The number of aliphatic imine (C=N–C) groups is 2. The maximum atomic E-state index is 15.0. The Balaban J connectivity index is 0.000000933. The number of halogens is 2. The fraction of sp³-hybridized carbons (Fsp3) is 0.528. The summed E-state index contributed by atoms with van der Waals surface area (Å²) >= 11 is 6.22. The molecule has 1 amide bonds. The largest absolute Gasteiger partial charge is 0.394 e. The van der Waals surface area contributed by atoms with E-state index in [1.54, 1.807) is 32.3 Å². The summed E-state index contributed by atoms with van der Waals surface area (Å²) in [5, 5.41) is 15.6. The minimum atomic E-state index is -0.399. The van der Waals surface area contributed by atoms with E-state index in [0.717, 1.165) is 43.9 Å². The second-order valence-corrected chi connectivity index (χ2v) is 11.3. The molecule has 1 fully saturated rings. The lowest BCUT2D eigenvalue weighted by Gasteiger charge is -2.26. The molecule has 0 aliphatic carbocycles. The maximum absolute atomic E-state index is 15.0.